The number of hydrogen-bond donors (Lipinski definition) is 0. The van der Waals surface area contributed by atoms with Crippen molar-refractivity contribution in [1.82, 2.24) is 9.78 Å². The second-order valence-electron chi connectivity index (χ2n) is 4.79. The molecule has 22 heavy (non-hydrogen) atoms. The Morgan fingerprint density at radius 3 is 2.73 bits per heavy atom. The number of para-hydroxylation sites is 1. The number of ether oxygens (including phenoxy) is 1. The van der Waals surface area contributed by atoms with Gasteiger partial charge in [-0.3, -0.25) is 0 Å². The molecule has 0 bridgehead atoms. The fourth-order valence-electron chi connectivity index (χ4n) is 1.98. The second-order valence-corrected chi connectivity index (χ2v) is 4.79. The molecular formula is C18H20N2O2. The van der Waals surface area contributed by atoms with Gasteiger partial charge in [-0.15, -0.1) is 0 Å². The number of esters is 1. The number of carbonyl (C=O) groups is 1. The molecule has 1 heterocycles. The number of hydrogen-bond acceptors (Lipinski definition) is 3. The molecule has 0 aliphatic carbocycles. The van der Waals surface area contributed by atoms with Crippen molar-refractivity contribution in [2.24, 2.45) is 0 Å². The third kappa shape index (κ3) is 3.98. The minimum Gasteiger partial charge on any atom is -0.461 e. The predicted octanol–water partition coefficient (Wildman–Crippen LogP) is 3.59. The average molecular weight is 296 g/mol. The maximum atomic E-state index is 12.1. The Morgan fingerprint density at radius 2 is 2.05 bits per heavy atom. The normalized spacial score (nSPS) is 9.91. The summed E-state index contributed by atoms with van der Waals surface area (Å²) in [6, 6.07) is 11.2. The van der Waals surface area contributed by atoms with Crippen molar-refractivity contribution in [1.29, 1.82) is 0 Å². The molecule has 0 N–H and O–H groups in total. The van der Waals surface area contributed by atoms with Gasteiger partial charge in [0, 0.05) is 12.5 Å². The Labute approximate surface area is 131 Å². The summed E-state index contributed by atoms with van der Waals surface area (Å²) >= 11 is 0. The molecule has 2 rings (SSSR count). The zero-order chi connectivity index (χ0) is 15.8. The summed E-state index contributed by atoms with van der Waals surface area (Å²) in [5.74, 6) is 5.72. The van der Waals surface area contributed by atoms with Crippen molar-refractivity contribution in [2.45, 2.75) is 33.1 Å². The van der Waals surface area contributed by atoms with E-state index in [0.29, 0.717) is 18.0 Å². The van der Waals surface area contributed by atoms with Crippen LogP contribution in [-0.4, -0.2) is 22.4 Å². The molecule has 0 amide bonds. The second kappa shape index (κ2) is 8.04. The van der Waals surface area contributed by atoms with Gasteiger partial charge in [0.15, 0.2) is 5.69 Å². The van der Waals surface area contributed by atoms with Gasteiger partial charge in [0.1, 0.15) is 5.69 Å². The minimum atomic E-state index is -0.388. The van der Waals surface area contributed by atoms with Crippen LogP contribution in [0, 0.1) is 11.8 Å². The molecule has 0 aliphatic rings. The number of benzene rings is 1. The predicted molar refractivity (Wildman–Crippen MR) is 85.9 cm³/mol. The molecule has 4 nitrogen and oxygen atoms in total. The lowest BCUT2D eigenvalue weighted by atomic mass is 10.2. The zero-order valence-corrected chi connectivity index (χ0v) is 13.0. The van der Waals surface area contributed by atoms with E-state index in [9.17, 15) is 4.79 Å². The molecule has 0 saturated carbocycles. The van der Waals surface area contributed by atoms with E-state index in [-0.39, 0.29) is 5.97 Å². The van der Waals surface area contributed by atoms with Crippen LogP contribution >= 0.6 is 0 Å². The fourth-order valence-corrected chi connectivity index (χ4v) is 1.98. The number of unbranched alkanes of at least 4 members (excludes halogenated alkanes) is 2. The Balaban J connectivity index is 2.35. The standard InChI is InChI=1S/C18H20N2O2/c1-3-5-6-8-11-15-14-17(18(21)22-4-2)20(19-15)16-12-9-7-10-13-16/h7,9-10,12-14H,3-6H2,1-2H3. The van der Waals surface area contributed by atoms with Crippen LogP contribution in [-0.2, 0) is 4.74 Å². The van der Waals surface area contributed by atoms with Gasteiger partial charge in [0.2, 0.25) is 0 Å². The fraction of sp³-hybridized carbons (Fsp3) is 0.333. The topological polar surface area (TPSA) is 44.1 Å². The monoisotopic (exact) mass is 296 g/mol. The SMILES string of the molecule is CCCCC#Cc1cc(C(=O)OCC)n(-c2ccccc2)n1. The van der Waals surface area contributed by atoms with Crippen LogP contribution in [0.2, 0.25) is 0 Å². The molecule has 0 atom stereocenters. The molecule has 1 aromatic carbocycles. The highest BCUT2D eigenvalue weighted by Gasteiger charge is 2.16. The van der Waals surface area contributed by atoms with Crippen LogP contribution in [0.25, 0.3) is 5.69 Å². The first-order chi connectivity index (χ1) is 10.8. The molecule has 0 saturated heterocycles. The summed E-state index contributed by atoms with van der Waals surface area (Å²) in [6.45, 7) is 4.24. The van der Waals surface area contributed by atoms with Crippen molar-refractivity contribution >= 4 is 5.97 Å². The number of aromatic nitrogens is 2. The van der Waals surface area contributed by atoms with Gasteiger partial charge in [-0.1, -0.05) is 37.5 Å². The molecule has 2 aromatic rings. The van der Waals surface area contributed by atoms with E-state index in [1.807, 2.05) is 30.3 Å². The van der Waals surface area contributed by atoms with E-state index in [1.54, 1.807) is 17.7 Å². The first-order valence-corrected chi connectivity index (χ1v) is 7.57. The summed E-state index contributed by atoms with van der Waals surface area (Å²) in [4.78, 5) is 12.1. The van der Waals surface area contributed by atoms with E-state index in [0.717, 1.165) is 24.9 Å². The molecule has 0 fully saturated rings. The third-order valence-corrected chi connectivity index (χ3v) is 3.07. The summed E-state index contributed by atoms with van der Waals surface area (Å²) in [5, 5.41) is 4.42. The van der Waals surface area contributed by atoms with Gasteiger partial charge < -0.3 is 4.74 Å². The zero-order valence-electron chi connectivity index (χ0n) is 13.0. The highest BCUT2D eigenvalue weighted by molar-refractivity contribution is 5.88. The first kappa shape index (κ1) is 15.8. The lowest BCUT2D eigenvalue weighted by Gasteiger charge is -2.06. The van der Waals surface area contributed by atoms with Crippen molar-refractivity contribution < 1.29 is 9.53 Å². The van der Waals surface area contributed by atoms with Gasteiger partial charge in [0.05, 0.1) is 12.3 Å². The largest absolute Gasteiger partial charge is 0.461 e. The van der Waals surface area contributed by atoms with E-state index in [2.05, 4.69) is 23.9 Å². The molecule has 114 valence electrons. The van der Waals surface area contributed by atoms with Gasteiger partial charge in [-0.2, -0.15) is 5.10 Å². The Kier molecular flexibility index (Phi) is 5.79. The molecule has 0 spiro atoms. The quantitative estimate of drug-likeness (QED) is 0.481. The molecule has 0 unspecified atom stereocenters. The lowest BCUT2D eigenvalue weighted by molar-refractivity contribution is 0.0515. The maximum Gasteiger partial charge on any atom is 0.357 e. The van der Waals surface area contributed by atoms with Crippen LogP contribution < -0.4 is 0 Å². The van der Waals surface area contributed by atoms with E-state index in [4.69, 9.17) is 4.74 Å². The molecule has 4 heteroatoms. The van der Waals surface area contributed by atoms with Crippen molar-refractivity contribution in [3.63, 3.8) is 0 Å². The van der Waals surface area contributed by atoms with Crippen LogP contribution in [0.5, 0.6) is 0 Å². The van der Waals surface area contributed by atoms with Gasteiger partial charge >= 0.3 is 5.97 Å². The summed E-state index contributed by atoms with van der Waals surface area (Å²) < 4.78 is 6.68. The summed E-state index contributed by atoms with van der Waals surface area (Å²) in [7, 11) is 0. The molecule has 1 aromatic heterocycles. The number of carbonyl (C=O) groups excluding carboxylic acids is 1. The van der Waals surface area contributed by atoms with E-state index >= 15 is 0 Å². The van der Waals surface area contributed by atoms with Crippen molar-refractivity contribution in [3.8, 4) is 17.5 Å². The van der Waals surface area contributed by atoms with Crippen LogP contribution in [0.4, 0.5) is 0 Å². The van der Waals surface area contributed by atoms with Crippen molar-refractivity contribution in [2.75, 3.05) is 6.61 Å². The highest BCUT2D eigenvalue weighted by Crippen LogP contribution is 2.13. The first-order valence-electron chi connectivity index (χ1n) is 7.57. The summed E-state index contributed by atoms with van der Waals surface area (Å²) in [6.07, 6.45) is 3.02. The average Bonchev–Trinajstić information content (AvgIpc) is 2.97. The molecule has 0 radical (unpaired) electrons. The minimum absolute atomic E-state index is 0.330. The van der Waals surface area contributed by atoms with Crippen molar-refractivity contribution in [3.05, 3.63) is 47.8 Å². The Bertz CT molecular complexity index is 678. The van der Waals surface area contributed by atoms with Crippen LogP contribution in [0.15, 0.2) is 36.4 Å². The smallest absolute Gasteiger partial charge is 0.357 e. The number of rotatable bonds is 5. The van der Waals surface area contributed by atoms with Crippen LogP contribution in [0.3, 0.4) is 0 Å². The Hall–Kier alpha value is -2.54. The van der Waals surface area contributed by atoms with Gasteiger partial charge in [0.25, 0.3) is 0 Å². The van der Waals surface area contributed by atoms with E-state index < -0.39 is 0 Å². The van der Waals surface area contributed by atoms with Gasteiger partial charge in [-0.25, -0.2) is 9.48 Å². The molecule has 0 aliphatic heterocycles. The lowest BCUT2D eigenvalue weighted by Crippen LogP contribution is -2.11. The third-order valence-electron chi connectivity index (χ3n) is 3.07. The maximum absolute atomic E-state index is 12.1. The summed E-state index contributed by atoms with van der Waals surface area (Å²) in [5.41, 5.74) is 1.79. The Morgan fingerprint density at radius 1 is 1.27 bits per heavy atom. The highest BCUT2D eigenvalue weighted by atomic mass is 16.5. The van der Waals surface area contributed by atoms with E-state index in [1.165, 1.54) is 0 Å². The number of nitrogens with zero attached hydrogens (tertiary/aromatic N) is 2. The molecular weight excluding hydrogens is 276 g/mol. The van der Waals surface area contributed by atoms with Gasteiger partial charge in [-0.05, 0) is 31.4 Å². The van der Waals surface area contributed by atoms with Crippen LogP contribution in [0.1, 0.15) is 49.3 Å².